The number of halogens is 1. The molecule has 3 aromatic rings. The molecule has 0 spiro atoms. The van der Waals surface area contributed by atoms with Crippen LogP contribution in [0.3, 0.4) is 0 Å². The average molecular weight is 396 g/mol. The normalized spacial score (nSPS) is 15.0. The molecule has 6 heteroatoms. The molecular formula is C22H21FN2O2S. The highest BCUT2D eigenvalue weighted by atomic mass is 32.2. The van der Waals surface area contributed by atoms with Gasteiger partial charge >= 0.3 is 0 Å². The monoisotopic (exact) mass is 396 g/mol. The third kappa shape index (κ3) is 3.87. The van der Waals surface area contributed by atoms with Gasteiger partial charge in [-0.05, 0) is 49.2 Å². The molecule has 0 atom stereocenters. The van der Waals surface area contributed by atoms with Crippen LogP contribution in [0.4, 0.5) is 4.39 Å². The molecule has 0 radical (unpaired) electrons. The van der Waals surface area contributed by atoms with Crippen molar-refractivity contribution in [3.05, 3.63) is 70.3 Å². The summed E-state index contributed by atoms with van der Waals surface area (Å²) in [6, 6.07) is 13.0. The van der Waals surface area contributed by atoms with Crippen LogP contribution in [0.5, 0.6) is 0 Å². The molecule has 1 aliphatic carbocycles. The van der Waals surface area contributed by atoms with E-state index in [2.05, 4.69) is 0 Å². The van der Waals surface area contributed by atoms with Crippen LogP contribution in [0, 0.1) is 5.82 Å². The number of benzene rings is 2. The number of carbonyl (C=O) groups is 1. The molecule has 0 unspecified atom stereocenters. The van der Waals surface area contributed by atoms with Crippen molar-refractivity contribution in [1.82, 2.24) is 9.55 Å². The molecule has 0 bridgehead atoms. The highest BCUT2D eigenvalue weighted by Gasteiger charge is 2.22. The van der Waals surface area contributed by atoms with Crippen LogP contribution >= 0.6 is 11.8 Å². The first-order valence-corrected chi connectivity index (χ1v) is 10.5. The summed E-state index contributed by atoms with van der Waals surface area (Å²) in [5.74, 6) is -0.322. The van der Waals surface area contributed by atoms with Gasteiger partial charge in [0.2, 0.25) is 0 Å². The third-order valence-corrected chi connectivity index (χ3v) is 6.17. The van der Waals surface area contributed by atoms with E-state index in [1.165, 1.54) is 42.4 Å². The Balaban J connectivity index is 1.67. The zero-order chi connectivity index (χ0) is 19.5. The van der Waals surface area contributed by atoms with Gasteiger partial charge in [-0.15, -0.1) is 0 Å². The van der Waals surface area contributed by atoms with Crippen LogP contribution < -0.4 is 5.56 Å². The first-order chi connectivity index (χ1) is 13.6. The maximum atomic E-state index is 13.2. The van der Waals surface area contributed by atoms with Crippen LogP contribution in [-0.2, 0) is 0 Å². The van der Waals surface area contributed by atoms with Crippen LogP contribution in [0.2, 0.25) is 0 Å². The Morgan fingerprint density at radius 1 is 1.07 bits per heavy atom. The number of thioether (sulfide) groups is 1. The third-order valence-electron chi connectivity index (χ3n) is 5.21. The van der Waals surface area contributed by atoms with Crippen molar-refractivity contribution in [3.63, 3.8) is 0 Å². The minimum absolute atomic E-state index is 0.0331. The first kappa shape index (κ1) is 18.9. The summed E-state index contributed by atoms with van der Waals surface area (Å²) < 4.78 is 14.9. The van der Waals surface area contributed by atoms with E-state index in [9.17, 15) is 14.0 Å². The minimum Gasteiger partial charge on any atom is -0.293 e. The standard InChI is InChI=1S/C22H21FN2O2S/c23-16-12-10-15(11-13-16)20(26)14-28-22-24-19-9-5-4-8-18(19)21(27)25(22)17-6-2-1-3-7-17/h4-5,8-13,17H,1-3,6-7,14H2. The van der Waals surface area contributed by atoms with Gasteiger partial charge in [0.1, 0.15) is 5.82 Å². The van der Waals surface area contributed by atoms with Gasteiger partial charge in [-0.25, -0.2) is 9.37 Å². The lowest BCUT2D eigenvalue weighted by molar-refractivity contribution is 0.102. The Labute approximate surface area is 166 Å². The van der Waals surface area contributed by atoms with Crippen molar-refractivity contribution in [1.29, 1.82) is 0 Å². The predicted molar refractivity (Wildman–Crippen MR) is 110 cm³/mol. The number of ketones is 1. The molecule has 1 saturated carbocycles. The highest BCUT2D eigenvalue weighted by Crippen LogP contribution is 2.31. The summed E-state index contributed by atoms with van der Waals surface area (Å²) in [6.45, 7) is 0. The number of rotatable bonds is 5. The number of hydrogen-bond donors (Lipinski definition) is 0. The quantitative estimate of drug-likeness (QED) is 0.345. The Morgan fingerprint density at radius 3 is 2.54 bits per heavy atom. The van der Waals surface area contributed by atoms with Crippen molar-refractivity contribution in [3.8, 4) is 0 Å². The maximum absolute atomic E-state index is 13.2. The predicted octanol–water partition coefficient (Wildman–Crippen LogP) is 5.02. The minimum atomic E-state index is -0.369. The Kier molecular flexibility index (Phi) is 5.57. The second kappa shape index (κ2) is 8.27. The maximum Gasteiger partial charge on any atom is 0.262 e. The van der Waals surface area contributed by atoms with Crippen molar-refractivity contribution < 1.29 is 9.18 Å². The van der Waals surface area contributed by atoms with E-state index in [0.717, 1.165) is 25.7 Å². The van der Waals surface area contributed by atoms with Gasteiger partial charge in [0.05, 0.1) is 16.7 Å². The van der Waals surface area contributed by atoms with Crippen LogP contribution in [0.1, 0.15) is 48.5 Å². The van der Waals surface area contributed by atoms with Crippen molar-refractivity contribution in [2.75, 3.05) is 5.75 Å². The van der Waals surface area contributed by atoms with Gasteiger partial charge in [0.15, 0.2) is 10.9 Å². The summed E-state index contributed by atoms with van der Waals surface area (Å²) in [4.78, 5) is 30.4. The molecule has 1 aromatic heterocycles. The summed E-state index contributed by atoms with van der Waals surface area (Å²) in [6.07, 6.45) is 5.31. The number of hydrogen-bond acceptors (Lipinski definition) is 4. The topological polar surface area (TPSA) is 52.0 Å². The van der Waals surface area contributed by atoms with Gasteiger partial charge in [-0.1, -0.05) is 43.2 Å². The molecule has 0 saturated heterocycles. The molecule has 0 N–H and O–H groups in total. The SMILES string of the molecule is O=C(CSc1nc2ccccc2c(=O)n1C1CCCCC1)c1ccc(F)cc1. The smallest absolute Gasteiger partial charge is 0.262 e. The van der Waals surface area contributed by atoms with Crippen molar-refractivity contribution in [2.24, 2.45) is 0 Å². The lowest BCUT2D eigenvalue weighted by atomic mass is 9.95. The Hall–Kier alpha value is -2.47. The fourth-order valence-electron chi connectivity index (χ4n) is 3.74. The Morgan fingerprint density at radius 2 is 1.79 bits per heavy atom. The average Bonchev–Trinajstić information content (AvgIpc) is 2.73. The number of carbonyl (C=O) groups excluding carboxylic acids is 1. The van der Waals surface area contributed by atoms with Gasteiger partial charge in [0.25, 0.3) is 5.56 Å². The molecule has 144 valence electrons. The second-order valence-electron chi connectivity index (χ2n) is 7.10. The second-order valence-corrected chi connectivity index (χ2v) is 8.04. The van der Waals surface area contributed by atoms with Crippen molar-refractivity contribution in [2.45, 2.75) is 43.3 Å². The van der Waals surface area contributed by atoms with E-state index in [4.69, 9.17) is 4.98 Å². The van der Waals surface area contributed by atoms with Crippen molar-refractivity contribution >= 4 is 28.4 Å². The fraction of sp³-hybridized carbons (Fsp3) is 0.318. The lowest BCUT2D eigenvalue weighted by Gasteiger charge is -2.26. The van der Waals surface area contributed by atoms with Crippen LogP contribution in [0.25, 0.3) is 10.9 Å². The zero-order valence-electron chi connectivity index (χ0n) is 15.4. The molecular weight excluding hydrogens is 375 g/mol. The van der Waals surface area contributed by atoms with Gasteiger partial charge in [-0.3, -0.25) is 14.2 Å². The number of fused-ring (bicyclic) bond motifs is 1. The molecule has 28 heavy (non-hydrogen) atoms. The number of aromatic nitrogens is 2. The van der Waals surface area contributed by atoms with Crippen LogP contribution in [-0.4, -0.2) is 21.1 Å². The van der Waals surface area contributed by atoms with Gasteiger partial charge in [0, 0.05) is 11.6 Å². The summed E-state index contributed by atoms with van der Waals surface area (Å²) >= 11 is 1.29. The molecule has 4 nitrogen and oxygen atoms in total. The van der Waals surface area contributed by atoms with E-state index >= 15 is 0 Å². The first-order valence-electron chi connectivity index (χ1n) is 9.56. The Bertz CT molecular complexity index is 1060. The van der Waals surface area contributed by atoms with E-state index in [0.29, 0.717) is 21.6 Å². The van der Waals surface area contributed by atoms with E-state index in [1.807, 2.05) is 24.3 Å². The number of nitrogens with zero attached hydrogens (tertiary/aromatic N) is 2. The largest absolute Gasteiger partial charge is 0.293 e. The molecule has 0 amide bonds. The number of para-hydroxylation sites is 1. The molecule has 1 aliphatic rings. The zero-order valence-corrected chi connectivity index (χ0v) is 16.3. The van der Waals surface area contributed by atoms with E-state index in [1.54, 1.807) is 4.57 Å². The lowest BCUT2D eigenvalue weighted by Crippen LogP contribution is -2.29. The molecule has 1 fully saturated rings. The molecule has 2 aromatic carbocycles. The van der Waals surface area contributed by atoms with E-state index in [-0.39, 0.29) is 29.0 Å². The van der Waals surface area contributed by atoms with E-state index < -0.39 is 0 Å². The summed E-state index contributed by atoms with van der Waals surface area (Å²) in [5.41, 5.74) is 1.08. The fourth-order valence-corrected chi connectivity index (χ4v) is 4.70. The molecule has 1 heterocycles. The summed E-state index contributed by atoms with van der Waals surface area (Å²) in [5, 5.41) is 1.20. The molecule has 4 rings (SSSR count). The summed E-state index contributed by atoms with van der Waals surface area (Å²) in [7, 11) is 0. The van der Waals surface area contributed by atoms with Crippen LogP contribution in [0.15, 0.2) is 58.5 Å². The van der Waals surface area contributed by atoms with Gasteiger partial charge < -0.3 is 0 Å². The van der Waals surface area contributed by atoms with Gasteiger partial charge in [-0.2, -0.15) is 0 Å². The number of Topliss-reactive ketones (excluding diaryl/α,β-unsaturated/α-hetero) is 1. The molecule has 0 aliphatic heterocycles. The highest BCUT2D eigenvalue weighted by molar-refractivity contribution is 7.99.